The predicted molar refractivity (Wildman–Crippen MR) is 159 cm³/mol. The maximum Gasteiger partial charge on any atom is 0.282 e. The largest absolute Gasteiger partial charge is 0.302 e. The van der Waals surface area contributed by atoms with Crippen molar-refractivity contribution >= 4 is 22.5 Å². The Morgan fingerprint density at radius 1 is 1.03 bits per heavy atom. The van der Waals surface area contributed by atoms with Gasteiger partial charge in [-0.05, 0) is 99.1 Å². The van der Waals surface area contributed by atoms with E-state index in [0.29, 0.717) is 22.2 Å². The molecule has 39 heavy (non-hydrogen) atoms. The SMILES string of the molecule is C#CC1CCC(CN2CCCC(c3ccc4c(c3)-n3c(nc(=O)c5c(Cl)cccc53)C43CCCCC3)C2)CC1. The second-order valence-electron chi connectivity index (χ2n) is 12.6. The van der Waals surface area contributed by atoms with Crippen molar-refractivity contribution in [1.82, 2.24) is 14.5 Å². The number of terminal acetylenes is 1. The van der Waals surface area contributed by atoms with E-state index in [-0.39, 0.29) is 11.0 Å². The Morgan fingerprint density at radius 3 is 2.64 bits per heavy atom. The Balaban J connectivity index is 1.24. The van der Waals surface area contributed by atoms with Gasteiger partial charge in [0.15, 0.2) is 0 Å². The van der Waals surface area contributed by atoms with Crippen molar-refractivity contribution in [2.24, 2.45) is 11.8 Å². The summed E-state index contributed by atoms with van der Waals surface area (Å²) >= 11 is 6.57. The molecule has 1 atom stereocenters. The van der Waals surface area contributed by atoms with Gasteiger partial charge in [-0.3, -0.25) is 9.36 Å². The third-order valence-corrected chi connectivity index (χ3v) is 10.7. The molecular weight excluding hydrogens is 502 g/mol. The zero-order valence-electron chi connectivity index (χ0n) is 22.8. The Hall–Kier alpha value is -2.61. The molecule has 2 saturated carbocycles. The van der Waals surface area contributed by atoms with Crippen LogP contribution in [0.4, 0.5) is 0 Å². The van der Waals surface area contributed by atoms with Crippen molar-refractivity contribution in [2.75, 3.05) is 19.6 Å². The molecular formula is C34H38ClN3O. The molecule has 2 aliphatic heterocycles. The summed E-state index contributed by atoms with van der Waals surface area (Å²) in [5.41, 5.74) is 4.52. The summed E-state index contributed by atoms with van der Waals surface area (Å²) in [6.07, 6.45) is 18.8. The van der Waals surface area contributed by atoms with E-state index in [1.54, 1.807) is 6.07 Å². The normalized spacial score (nSPS) is 26.3. The fourth-order valence-corrected chi connectivity index (χ4v) is 8.57. The highest BCUT2D eigenvalue weighted by molar-refractivity contribution is 6.35. The van der Waals surface area contributed by atoms with Gasteiger partial charge in [0.25, 0.3) is 5.56 Å². The van der Waals surface area contributed by atoms with Crippen molar-refractivity contribution in [1.29, 1.82) is 0 Å². The molecule has 2 aromatic carbocycles. The van der Waals surface area contributed by atoms with Gasteiger partial charge in [0, 0.05) is 19.0 Å². The summed E-state index contributed by atoms with van der Waals surface area (Å²) in [5.74, 6) is 5.71. The minimum absolute atomic E-state index is 0.169. The van der Waals surface area contributed by atoms with Crippen LogP contribution in [0.5, 0.6) is 0 Å². The minimum Gasteiger partial charge on any atom is -0.302 e. The van der Waals surface area contributed by atoms with E-state index in [1.807, 2.05) is 12.1 Å². The van der Waals surface area contributed by atoms with Crippen molar-refractivity contribution in [2.45, 2.75) is 82.0 Å². The van der Waals surface area contributed by atoms with Gasteiger partial charge in [0.05, 0.1) is 27.0 Å². The number of hydrogen-bond donors (Lipinski definition) is 0. The summed E-state index contributed by atoms with van der Waals surface area (Å²) in [5, 5.41) is 1.03. The zero-order chi connectivity index (χ0) is 26.6. The monoisotopic (exact) mass is 539 g/mol. The van der Waals surface area contributed by atoms with E-state index in [1.165, 1.54) is 87.7 Å². The lowest BCUT2D eigenvalue weighted by Gasteiger charge is -2.37. The Labute approximate surface area is 236 Å². The van der Waals surface area contributed by atoms with Crippen molar-refractivity contribution in [3.63, 3.8) is 0 Å². The average Bonchev–Trinajstić information content (AvgIpc) is 3.22. The Kier molecular flexibility index (Phi) is 6.57. The van der Waals surface area contributed by atoms with Crippen LogP contribution in [0.15, 0.2) is 41.2 Å². The van der Waals surface area contributed by atoms with Crippen LogP contribution in [0, 0.1) is 24.2 Å². The molecule has 1 saturated heterocycles. The van der Waals surface area contributed by atoms with Crippen LogP contribution in [0.2, 0.25) is 5.02 Å². The van der Waals surface area contributed by atoms with Crippen LogP contribution < -0.4 is 5.56 Å². The van der Waals surface area contributed by atoms with Crippen LogP contribution in [0.3, 0.4) is 0 Å². The third-order valence-electron chi connectivity index (χ3n) is 10.4. The lowest BCUT2D eigenvalue weighted by atomic mass is 9.69. The number of nitrogens with zero attached hydrogens (tertiary/aromatic N) is 3. The Morgan fingerprint density at radius 2 is 1.85 bits per heavy atom. The van der Waals surface area contributed by atoms with E-state index >= 15 is 0 Å². The second kappa shape index (κ2) is 10.1. The van der Waals surface area contributed by atoms with E-state index in [2.05, 4.69) is 33.6 Å². The minimum atomic E-state index is -0.195. The molecule has 202 valence electrons. The lowest BCUT2D eigenvalue weighted by molar-refractivity contribution is 0.155. The molecule has 1 unspecified atom stereocenters. The number of benzene rings is 2. The lowest BCUT2D eigenvalue weighted by Crippen LogP contribution is -2.38. The maximum atomic E-state index is 13.3. The quantitative estimate of drug-likeness (QED) is 0.330. The molecule has 0 N–H and O–H groups in total. The molecule has 4 nitrogen and oxygen atoms in total. The summed E-state index contributed by atoms with van der Waals surface area (Å²) < 4.78 is 2.29. The molecule has 7 rings (SSSR count). The van der Waals surface area contributed by atoms with Gasteiger partial charge in [-0.1, -0.05) is 49.1 Å². The molecule has 2 aliphatic carbocycles. The van der Waals surface area contributed by atoms with Gasteiger partial charge < -0.3 is 4.90 Å². The highest BCUT2D eigenvalue weighted by atomic mass is 35.5. The van der Waals surface area contributed by atoms with Crippen LogP contribution >= 0.6 is 11.6 Å². The topological polar surface area (TPSA) is 38.1 Å². The predicted octanol–water partition coefficient (Wildman–Crippen LogP) is 7.22. The number of halogens is 1. The smallest absolute Gasteiger partial charge is 0.282 e. The van der Waals surface area contributed by atoms with Gasteiger partial charge >= 0.3 is 0 Å². The molecule has 4 aliphatic rings. The fraction of sp³-hybridized carbons (Fsp3) is 0.529. The van der Waals surface area contributed by atoms with Crippen LogP contribution in [-0.4, -0.2) is 34.1 Å². The van der Waals surface area contributed by atoms with Gasteiger partial charge in [-0.25, -0.2) is 0 Å². The first-order chi connectivity index (χ1) is 19.1. The van der Waals surface area contributed by atoms with Gasteiger partial charge in [-0.15, -0.1) is 12.3 Å². The van der Waals surface area contributed by atoms with Crippen molar-refractivity contribution in [3.05, 3.63) is 68.7 Å². The molecule has 3 heterocycles. The summed E-state index contributed by atoms with van der Waals surface area (Å²) in [4.78, 5) is 20.7. The van der Waals surface area contributed by atoms with Gasteiger partial charge in [0.1, 0.15) is 5.82 Å². The molecule has 0 amide bonds. The van der Waals surface area contributed by atoms with Crippen molar-refractivity contribution < 1.29 is 0 Å². The fourth-order valence-electron chi connectivity index (χ4n) is 8.32. The van der Waals surface area contributed by atoms with Crippen LogP contribution in [-0.2, 0) is 5.41 Å². The molecule has 3 fully saturated rings. The zero-order valence-corrected chi connectivity index (χ0v) is 23.6. The van der Waals surface area contributed by atoms with E-state index in [0.717, 1.165) is 36.6 Å². The number of piperidine rings is 1. The summed E-state index contributed by atoms with van der Waals surface area (Å²) in [6, 6.07) is 13.0. The average molecular weight is 540 g/mol. The number of rotatable bonds is 3. The maximum absolute atomic E-state index is 13.3. The van der Waals surface area contributed by atoms with Gasteiger partial charge in [0.2, 0.25) is 0 Å². The molecule has 0 bridgehead atoms. The summed E-state index contributed by atoms with van der Waals surface area (Å²) in [6.45, 7) is 3.54. The number of hydrogen-bond acceptors (Lipinski definition) is 3. The molecule has 1 aromatic heterocycles. The number of fused-ring (bicyclic) bond motifs is 7. The van der Waals surface area contributed by atoms with Crippen molar-refractivity contribution in [3.8, 4) is 18.0 Å². The van der Waals surface area contributed by atoms with E-state index in [9.17, 15) is 4.79 Å². The Bertz CT molecular complexity index is 1500. The highest BCUT2D eigenvalue weighted by Gasteiger charge is 2.46. The molecule has 0 radical (unpaired) electrons. The van der Waals surface area contributed by atoms with Crippen LogP contribution in [0.25, 0.3) is 16.6 Å². The number of likely N-dealkylation sites (tertiary alicyclic amines) is 1. The standard InChI is InChI=1S/C34H38ClN3O/c1-2-23-11-13-24(14-12-23)21-37-19-7-8-26(22-37)25-15-16-27-30(20-25)38-29-10-6-9-28(35)31(29)32(39)36-33(38)34(27)17-4-3-5-18-34/h1,6,9-10,15-16,20,23-24,26H,3-5,7-8,11-14,17-19,21-22H2. The molecule has 5 heteroatoms. The first kappa shape index (κ1) is 25.4. The second-order valence-corrected chi connectivity index (χ2v) is 13.0. The van der Waals surface area contributed by atoms with Crippen LogP contribution in [0.1, 0.15) is 93.5 Å². The highest BCUT2D eigenvalue weighted by Crippen LogP contribution is 2.52. The molecule has 3 aromatic rings. The first-order valence-electron chi connectivity index (χ1n) is 15.1. The van der Waals surface area contributed by atoms with Gasteiger partial charge in [-0.2, -0.15) is 4.98 Å². The number of aromatic nitrogens is 2. The van der Waals surface area contributed by atoms with E-state index < -0.39 is 0 Å². The molecule has 1 spiro atoms. The summed E-state index contributed by atoms with van der Waals surface area (Å²) in [7, 11) is 0. The third kappa shape index (κ3) is 4.25. The van der Waals surface area contributed by atoms with E-state index in [4.69, 9.17) is 23.0 Å². The first-order valence-corrected chi connectivity index (χ1v) is 15.5.